The summed E-state index contributed by atoms with van der Waals surface area (Å²) in [7, 11) is 0. The molecule has 2 aromatic rings. The van der Waals surface area contributed by atoms with Gasteiger partial charge in [-0.2, -0.15) is 0 Å². The fourth-order valence-corrected chi connectivity index (χ4v) is 5.56. The Balaban J connectivity index is 2.58. The second-order valence-corrected chi connectivity index (χ2v) is 8.48. The van der Waals surface area contributed by atoms with Gasteiger partial charge < -0.3 is 0 Å². The van der Waals surface area contributed by atoms with Crippen LogP contribution in [0.3, 0.4) is 0 Å². The molecule has 0 unspecified atom stereocenters. The molecule has 136 valence electrons. The quantitative estimate of drug-likeness (QED) is 0.492. The summed E-state index contributed by atoms with van der Waals surface area (Å²) < 4.78 is 8.65. The molecular weight excluding hydrogens is 387 g/mol. The van der Waals surface area contributed by atoms with Crippen molar-refractivity contribution in [1.29, 1.82) is 0 Å². The summed E-state index contributed by atoms with van der Waals surface area (Å²) in [6.07, 6.45) is 0. The number of hydrogen-bond acceptors (Lipinski definition) is 4. The van der Waals surface area contributed by atoms with E-state index in [2.05, 4.69) is 23.2 Å². The Bertz CT molecular complexity index is 835. The van der Waals surface area contributed by atoms with Gasteiger partial charge in [-0.05, 0) is 0 Å². The third kappa shape index (κ3) is 4.92. The second-order valence-electron chi connectivity index (χ2n) is 6.25. The van der Waals surface area contributed by atoms with Crippen molar-refractivity contribution in [2.24, 2.45) is 0 Å². The van der Waals surface area contributed by atoms with Crippen LogP contribution in [0.5, 0.6) is 0 Å². The molecule has 0 amide bonds. The van der Waals surface area contributed by atoms with Crippen molar-refractivity contribution in [3.8, 4) is 0 Å². The van der Waals surface area contributed by atoms with Crippen LogP contribution >= 0.6 is 0 Å². The minimum absolute atomic E-state index is 0.0117. The number of aliphatic hydroxyl groups excluding tert-OH is 1. The zero-order chi connectivity index (χ0) is 18.6. The van der Waals surface area contributed by atoms with Gasteiger partial charge in [0.15, 0.2) is 0 Å². The van der Waals surface area contributed by atoms with E-state index in [1.54, 1.807) is 0 Å². The van der Waals surface area contributed by atoms with E-state index in [9.17, 15) is 9.59 Å². The third-order valence-corrected chi connectivity index (χ3v) is 5.95. The molecule has 7 heteroatoms. The molecule has 0 atom stereocenters. The van der Waals surface area contributed by atoms with Gasteiger partial charge in [0.25, 0.3) is 0 Å². The summed E-state index contributed by atoms with van der Waals surface area (Å²) in [6, 6.07) is 6.27. The molecule has 6 nitrogen and oxygen atoms in total. The average Bonchev–Trinajstić information content (AvgIpc) is 2.48. The molecule has 0 radical (unpaired) electrons. The zero-order valence-corrected chi connectivity index (χ0v) is 16.7. The summed E-state index contributed by atoms with van der Waals surface area (Å²) in [5, 5.41) is 8.90. The number of hydrogen-bond donors (Lipinski definition) is 2. The van der Waals surface area contributed by atoms with Crippen molar-refractivity contribution >= 4 is 24.0 Å². The minimum atomic E-state index is -0.478. The van der Waals surface area contributed by atoms with E-state index < -0.39 is 5.69 Å². The summed E-state index contributed by atoms with van der Waals surface area (Å²) in [5.41, 5.74) is 2.11. The van der Waals surface area contributed by atoms with E-state index in [-0.39, 0.29) is 46.4 Å². The Hall–Kier alpha value is -1.66. The van der Waals surface area contributed by atoms with Crippen LogP contribution in [0, 0.1) is 13.8 Å². The molecule has 0 fully saturated rings. The van der Waals surface area contributed by atoms with Gasteiger partial charge in [-0.15, -0.1) is 0 Å². The Morgan fingerprint density at radius 1 is 1.20 bits per heavy atom. The van der Waals surface area contributed by atoms with E-state index in [0.717, 1.165) is 20.2 Å². The Morgan fingerprint density at radius 2 is 1.84 bits per heavy atom. The van der Waals surface area contributed by atoms with Crippen molar-refractivity contribution in [1.82, 2.24) is 9.55 Å². The predicted octanol–water partition coefficient (Wildman–Crippen LogP) is -0.102. The monoisotopic (exact) mass is 412 g/mol. The van der Waals surface area contributed by atoms with Crippen LogP contribution in [-0.2, 0) is 11.5 Å². The summed E-state index contributed by atoms with van der Waals surface area (Å²) in [6.45, 7) is 7.98. The summed E-state index contributed by atoms with van der Waals surface area (Å²) >= 11 is -0.216. The molecule has 1 aromatic heterocycles. The molecule has 0 saturated heterocycles. The molecule has 2 rings (SSSR count). The number of nitrogens with one attached hydrogen (secondary N) is 1. The molecule has 0 aliphatic heterocycles. The Kier molecular flexibility index (Phi) is 6.78. The maximum atomic E-state index is 12.4. The fraction of sp³-hybridized carbons (Fsp3) is 0.444. The maximum absolute atomic E-state index is 12.4. The van der Waals surface area contributed by atoms with Crippen molar-refractivity contribution in [3.05, 3.63) is 55.7 Å². The van der Waals surface area contributed by atoms with Gasteiger partial charge in [0.2, 0.25) is 0 Å². The molecular formula is C18H24N2O4Se. The molecule has 1 aromatic carbocycles. The Morgan fingerprint density at radius 3 is 2.40 bits per heavy atom. The number of aryl methyl sites for hydroxylation is 2. The second kappa shape index (κ2) is 8.63. The van der Waals surface area contributed by atoms with Crippen molar-refractivity contribution in [2.45, 2.75) is 40.3 Å². The first-order valence-corrected chi connectivity index (χ1v) is 9.86. The first kappa shape index (κ1) is 19.7. The van der Waals surface area contributed by atoms with E-state index in [1.165, 1.54) is 4.57 Å². The topological polar surface area (TPSA) is 84.3 Å². The first-order chi connectivity index (χ1) is 11.8. The van der Waals surface area contributed by atoms with Gasteiger partial charge in [0.05, 0.1) is 0 Å². The van der Waals surface area contributed by atoms with Crippen LogP contribution in [0.25, 0.3) is 0 Å². The predicted molar refractivity (Wildman–Crippen MR) is 99.4 cm³/mol. The van der Waals surface area contributed by atoms with Gasteiger partial charge in [0.1, 0.15) is 0 Å². The van der Waals surface area contributed by atoms with Crippen LogP contribution in [0.4, 0.5) is 0 Å². The van der Waals surface area contributed by atoms with Gasteiger partial charge in [-0.25, -0.2) is 0 Å². The number of H-pyrrole nitrogens is 1. The van der Waals surface area contributed by atoms with Gasteiger partial charge in [0, 0.05) is 0 Å². The number of aromatic amines is 1. The zero-order valence-electron chi connectivity index (χ0n) is 15.0. The third-order valence-electron chi connectivity index (χ3n) is 3.63. The SMILES string of the molecule is Cc1cc(C)cc([Se]c2c(C(C)C)c(=O)[nH]c(=O)n2COCCO)c1. The van der Waals surface area contributed by atoms with Crippen LogP contribution in [-0.4, -0.2) is 42.8 Å². The van der Waals surface area contributed by atoms with Crippen LogP contribution < -0.4 is 20.3 Å². The Labute approximate surface area is 153 Å². The molecule has 0 aliphatic carbocycles. The number of ether oxygens (including phenoxy) is 1. The molecule has 2 N–H and O–H groups in total. The van der Waals surface area contributed by atoms with Crippen molar-refractivity contribution < 1.29 is 9.84 Å². The normalized spacial score (nSPS) is 11.3. The van der Waals surface area contributed by atoms with E-state index in [4.69, 9.17) is 9.84 Å². The fourth-order valence-electron chi connectivity index (χ4n) is 2.63. The summed E-state index contributed by atoms with van der Waals surface area (Å²) in [4.78, 5) is 27.1. The molecule has 0 bridgehead atoms. The van der Waals surface area contributed by atoms with E-state index in [0.29, 0.717) is 5.56 Å². The molecule has 0 aliphatic rings. The standard InChI is InChI=1S/C18H24N2O4Se/c1-11(2)15-16(22)19-18(23)20(10-24-6-5-21)17(15)25-14-8-12(3)7-13(4)9-14/h7-9,11,21H,5-6,10H2,1-4H3,(H,19,22,23). The number of benzene rings is 1. The van der Waals surface area contributed by atoms with Crippen molar-refractivity contribution in [3.63, 3.8) is 0 Å². The molecule has 25 heavy (non-hydrogen) atoms. The molecule has 1 heterocycles. The van der Waals surface area contributed by atoms with Crippen LogP contribution in [0.15, 0.2) is 27.8 Å². The number of nitrogens with zero attached hydrogens (tertiary/aromatic N) is 1. The van der Waals surface area contributed by atoms with Gasteiger partial charge >= 0.3 is 153 Å². The number of aliphatic hydroxyl groups is 1. The van der Waals surface area contributed by atoms with Crippen LogP contribution in [0.1, 0.15) is 36.5 Å². The average molecular weight is 411 g/mol. The number of rotatable bonds is 7. The molecule has 0 spiro atoms. The van der Waals surface area contributed by atoms with Crippen molar-refractivity contribution in [2.75, 3.05) is 13.2 Å². The summed E-state index contributed by atoms with van der Waals surface area (Å²) in [5.74, 6) is -0.0174. The van der Waals surface area contributed by atoms with Gasteiger partial charge in [-0.3, -0.25) is 0 Å². The van der Waals surface area contributed by atoms with E-state index >= 15 is 0 Å². The van der Waals surface area contributed by atoms with E-state index in [1.807, 2.05) is 27.7 Å². The first-order valence-electron chi connectivity index (χ1n) is 8.15. The van der Waals surface area contributed by atoms with Crippen LogP contribution in [0.2, 0.25) is 0 Å². The molecule has 0 saturated carbocycles. The number of aromatic nitrogens is 2. The van der Waals surface area contributed by atoms with Gasteiger partial charge in [-0.1, -0.05) is 0 Å².